The molecule has 0 atom stereocenters. The van der Waals surface area contributed by atoms with Crippen LogP contribution in [0.1, 0.15) is 32.3 Å². The van der Waals surface area contributed by atoms with Gasteiger partial charge in [-0.2, -0.15) is 4.39 Å². The second-order valence-corrected chi connectivity index (χ2v) is 7.20. The Morgan fingerprint density at radius 2 is 1.40 bits per heavy atom. The summed E-state index contributed by atoms with van der Waals surface area (Å²) in [7, 11) is 0. The highest BCUT2D eigenvalue weighted by molar-refractivity contribution is 6.07. The SMILES string of the molecule is CCCOc1cc2oc3cc(-c4ccc(CCC)cc4)c(F)c(F)c3c2c(F)c1F. The Morgan fingerprint density at radius 3 is 2.03 bits per heavy atom. The smallest absolute Gasteiger partial charge is 0.201 e. The van der Waals surface area contributed by atoms with Crippen molar-refractivity contribution < 1.29 is 26.7 Å². The van der Waals surface area contributed by atoms with E-state index in [4.69, 9.17) is 9.15 Å². The molecule has 0 bridgehead atoms. The minimum Gasteiger partial charge on any atom is -0.490 e. The highest BCUT2D eigenvalue weighted by Crippen LogP contribution is 2.40. The third-order valence-electron chi connectivity index (χ3n) is 5.04. The van der Waals surface area contributed by atoms with Crippen LogP contribution < -0.4 is 4.74 Å². The molecule has 4 rings (SSSR count). The number of aryl methyl sites for hydroxylation is 1. The van der Waals surface area contributed by atoms with E-state index in [2.05, 4.69) is 6.92 Å². The molecule has 2 nitrogen and oxygen atoms in total. The number of hydrogen-bond acceptors (Lipinski definition) is 2. The predicted molar refractivity (Wildman–Crippen MR) is 109 cm³/mol. The Bertz CT molecular complexity index is 1230. The molecule has 0 spiro atoms. The fraction of sp³-hybridized carbons (Fsp3) is 0.250. The minimum atomic E-state index is -1.33. The summed E-state index contributed by atoms with van der Waals surface area (Å²) >= 11 is 0. The first-order valence-corrected chi connectivity index (χ1v) is 9.90. The average molecular weight is 416 g/mol. The summed E-state index contributed by atoms with van der Waals surface area (Å²) in [5, 5.41) is -0.861. The minimum absolute atomic E-state index is 0.00885. The monoisotopic (exact) mass is 416 g/mol. The standard InChI is InChI=1S/C24H20F4O2/c1-3-5-13-6-8-14(9-7-13)15-11-16-19(23(27)21(15)25)20-17(30-16)12-18(29-10-4-2)22(26)24(20)28/h6-9,11-12H,3-5,10H2,1-2H3. The van der Waals surface area contributed by atoms with Gasteiger partial charge in [0.1, 0.15) is 11.2 Å². The zero-order chi connectivity index (χ0) is 21.4. The van der Waals surface area contributed by atoms with Crippen LogP contribution in [0.3, 0.4) is 0 Å². The second-order valence-electron chi connectivity index (χ2n) is 7.20. The fourth-order valence-electron chi connectivity index (χ4n) is 3.60. The van der Waals surface area contributed by atoms with E-state index in [1.165, 1.54) is 12.1 Å². The molecule has 0 radical (unpaired) electrons. The topological polar surface area (TPSA) is 22.4 Å². The van der Waals surface area contributed by atoms with E-state index >= 15 is 0 Å². The summed E-state index contributed by atoms with van der Waals surface area (Å²) < 4.78 is 69.7. The molecule has 30 heavy (non-hydrogen) atoms. The van der Waals surface area contributed by atoms with Gasteiger partial charge in [0.15, 0.2) is 23.2 Å². The average Bonchev–Trinajstić information content (AvgIpc) is 3.11. The third kappa shape index (κ3) is 3.30. The molecule has 0 saturated carbocycles. The second kappa shape index (κ2) is 8.01. The van der Waals surface area contributed by atoms with Crippen molar-refractivity contribution in [2.45, 2.75) is 33.1 Å². The zero-order valence-electron chi connectivity index (χ0n) is 16.6. The molecule has 0 saturated heterocycles. The quantitative estimate of drug-likeness (QED) is 0.303. The first-order chi connectivity index (χ1) is 14.5. The van der Waals surface area contributed by atoms with Crippen molar-refractivity contribution in [2.24, 2.45) is 0 Å². The van der Waals surface area contributed by atoms with Crippen LogP contribution in [0, 0.1) is 23.3 Å². The van der Waals surface area contributed by atoms with Crippen molar-refractivity contribution in [3.63, 3.8) is 0 Å². The summed E-state index contributed by atoms with van der Waals surface area (Å²) in [4.78, 5) is 0. The van der Waals surface area contributed by atoms with Crippen molar-refractivity contribution in [2.75, 3.05) is 6.61 Å². The highest BCUT2D eigenvalue weighted by atomic mass is 19.2. The van der Waals surface area contributed by atoms with Crippen LogP contribution in [0.15, 0.2) is 40.8 Å². The van der Waals surface area contributed by atoms with Crippen LogP contribution >= 0.6 is 0 Å². The van der Waals surface area contributed by atoms with Gasteiger partial charge >= 0.3 is 0 Å². The van der Waals surface area contributed by atoms with E-state index in [0.29, 0.717) is 12.0 Å². The summed E-state index contributed by atoms with van der Waals surface area (Å²) in [6, 6.07) is 9.59. The maximum atomic E-state index is 15.0. The molecule has 4 aromatic rings. The van der Waals surface area contributed by atoms with Crippen molar-refractivity contribution in [3.8, 4) is 16.9 Å². The number of fused-ring (bicyclic) bond motifs is 3. The van der Waals surface area contributed by atoms with Crippen molar-refractivity contribution in [1.29, 1.82) is 0 Å². The zero-order valence-corrected chi connectivity index (χ0v) is 16.6. The molecular weight excluding hydrogens is 396 g/mol. The van der Waals surface area contributed by atoms with E-state index in [1.54, 1.807) is 12.1 Å². The lowest BCUT2D eigenvalue weighted by molar-refractivity contribution is 0.296. The maximum Gasteiger partial charge on any atom is 0.201 e. The fourth-order valence-corrected chi connectivity index (χ4v) is 3.60. The normalized spacial score (nSPS) is 11.5. The van der Waals surface area contributed by atoms with Gasteiger partial charge < -0.3 is 9.15 Å². The first-order valence-electron chi connectivity index (χ1n) is 9.90. The van der Waals surface area contributed by atoms with E-state index in [1.807, 2.05) is 19.1 Å². The van der Waals surface area contributed by atoms with Gasteiger partial charge in [-0.15, -0.1) is 0 Å². The lowest BCUT2D eigenvalue weighted by Gasteiger charge is -2.07. The molecule has 0 aliphatic heterocycles. The van der Waals surface area contributed by atoms with Gasteiger partial charge in [0, 0.05) is 11.6 Å². The molecule has 3 aromatic carbocycles. The first kappa shape index (κ1) is 20.3. The molecule has 1 heterocycles. The van der Waals surface area contributed by atoms with Crippen molar-refractivity contribution in [1.82, 2.24) is 0 Å². The number of halogens is 4. The number of ether oxygens (including phenoxy) is 1. The molecule has 0 aliphatic carbocycles. The summed E-state index contributed by atoms with van der Waals surface area (Å²) in [5.74, 6) is -5.33. The Hall–Kier alpha value is -3.02. The van der Waals surface area contributed by atoms with Crippen LogP contribution in [0.25, 0.3) is 33.1 Å². The van der Waals surface area contributed by atoms with Crippen LogP contribution in [0.2, 0.25) is 0 Å². The summed E-state index contributed by atoms with van der Waals surface area (Å²) in [6.45, 7) is 4.06. The molecule has 0 amide bonds. The molecule has 0 aliphatic rings. The number of rotatable bonds is 6. The molecule has 0 unspecified atom stereocenters. The molecule has 156 valence electrons. The van der Waals surface area contributed by atoms with E-state index in [9.17, 15) is 17.6 Å². The van der Waals surface area contributed by atoms with Crippen LogP contribution in [0.5, 0.6) is 5.75 Å². The number of hydrogen-bond donors (Lipinski definition) is 0. The Morgan fingerprint density at radius 1 is 0.767 bits per heavy atom. The van der Waals surface area contributed by atoms with Gasteiger partial charge in [-0.25, -0.2) is 13.2 Å². The van der Waals surface area contributed by atoms with Crippen molar-refractivity contribution >= 4 is 21.9 Å². The Labute approximate surface area is 171 Å². The van der Waals surface area contributed by atoms with Gasteiger partial charge in [0.2, 0.25) is 5.82 Å². The molecular formula is C24H20F4O2. The van der Waals surface area contributed by atoms with E-state index in [0.717, 1.165) is 18.4 Å². The number of furan rings is 1. The summed E-state index contributed by atoms with van der Waals surface area (Å²) in [6.07, 6.45) is 2.45. The molecule has 0 fully saturated rings. The van der Waals surface area contributed by atoms with Crippen molar-refractivity contribution in [3.05, 3.63) is 65.2 Å². The Kier molecular flexibility index (Phi) is 5.41. The lowest BCUT2D eigenvalue weighted by Crippen LogP contribution is -1.99. The maximum absolute atomic E-state index is 15.0. The van der Waals surface area contributed by atoms with Crippen LogP contribution in [0.4, 0.5) is 17.6 Å². The molecule has 6 heteroatoms. The van der Waals surface area contributed by atoms with E-state index in [-0.39, 0.29) is 29.1 Å². The highest BCUT2D eigenvalue weighted by Gasteiger charge is 2.25. The van der Waals surface area contributed by atoms with Crippen LogP contribution in [-0.2, 0) is 6.42 Å². The largest absolute Gasteiger partial charge is 0.490 e. The van der Waals surface area contributed by atoms with Gasteiger partial charge in [0.25, 0.3) is 0 Å². The molecule has 1 aromatic heterocycles. The Balaban J connectivity index is 1.91. The van der Waals surface area contributed by atoms with Gasteiger partial charge in [-0.3, -0.25) is 0 Å². The van der Waals surface area contributed by atoms with Crippen LogP contribution in [-0.4, -0.2) is 6.61 Å². The number of benzene rings is 3. The van der Waals surface area contributed by atoms with Gasteiger partial charge in [0.05, 0.1) is 17.4 Å². The van der Waals surface area contributed by atoms with Gasteiger partial charge in [-0.1, -0.05) is 44.5 Å². The van der Waals surface area contributed by atoms with Gasteiger partial charge in [-0.05, 0) is 30.0 Å². The summed E-state index contributed by atoms with van der Waals surface area (Å²) in [5.41, 5.74) is 1.37. The lowest BCUT2D eigenvalue weighted by atomic mass is 9.99. The third-order valence-corrected chi connectivity index (χ3v) is 5.04. The molecule has 0 N–H and O–H groups in total. The predicted octanol–water partition coefficient (Wildman–Crippen LogP) is 7.55. The van der Waals surface area contributed by atoms with E-state index < -0.39 is 34.0 Å².